The van der Waals surface area contributed by atoms with Crippen LogP contribution in [0.1, 0.15) is 81.5 Å². The second-order valence-corrected chi connectivity index (χ2v) is 10.7. The van der Waals surface area contributed by atoms with Crippen molar-refractivity contribution >= 4 is 23.5 Å². The standard InChI is InChI=1S/C34H42ClNO5/c1-3-4-5-6-7-8-9-10-11-12-21-36-34(39)30-23-26(19-20-31(30)40-2)29-18-14-17-28(33(29)41-24-32(37)38)25-15-13-16-27(35)22-25/h13-20,22-23H,3-12,21,24H2,1-2H3,(H,36,39)(H,37,38). The first-order valence-electron chi connectivity index (χ1n) is 14.6. The van der Waals surface area contributed by atoms with Gasteiger partial charge in [-0.2, -0.15) is 0 Å². The number of benzene rings is 3. The Kier molecular flexibility index (Phi) is 13.5. The van der Waals surface area contributed by atoms with Crippen LogP contribution in [-0.4, -0.2) is 37.2 Å². The number of carbonyl (C=O) groups excluding carboxylic acids is 1. The van der Waals surface area contributed by atoms with Crippen LogP contribution in [0.15, 0.2) is 60.7 Å². The highest BCUT2D eigenvalue weighted by atomic mass is 35.5. The minimum absolute atomic E-state index is 0.210. The van der Waals surface area contributed by atoms with Gasteiger partial charge < -0.3 is 19.9 Å². The third-order valence-corrected chi connectivity index (χ3v) is 7.30. The molecule has 0 saturated heterocycles. The Morgan fingerprint density at radius 2 is 1.41 bits per heavy atom. The monoisotopic (exact) mass is 579 g/mol. The fourth-order valence-corrected chi connectivity index (χ4v) is 5.09. The maximum absolute atomic E-state index is 13.2. The molecule has 0 aromatic heterocycles. The van der Waals surface area contributed by atoms with Gasteiger partial charge in [-0.3, -0.25) is 4.79 Å². The van der Waals surface area contributed by atoms with E-state index in [9.17, 15) is 14.7 Å². The quantitative estimate of drug-likeness (QED) is 0.147. The minimum atomic E-state index is -1.08. The SMILES string of the molecule is CCCCCCCCCCCCNC(=O)c1cc(-c2cccc(-c3cccc(Cl)c3)c2OCC(=O)O)ccc1OC. The highest BCUT2D eigenvalue weighted by molar-refractivity contribution is 6.30. The molecule has 0 spiro atoms. The first-order valence-corrected chi connectivity index (χ1v) is 15.0. The predicted octanol–water partition coefficient (Wildman–Crippen LogP) is 8.80. The van der Waals surface area contributed by atoms with Gasteiger partial charge in [0.15, 0.2) is 6.61 Å². The number of ether oxygens (including phenoxy) is 2. The average Bonchev–Trinajstić information content (AvgIpc) is 2.98. The number of methoxy groups -OCH3 is 1. The number of aliphatic carboxylic acids is 1. The highest BCUT2D eigenvalue weighted by Crippen LogP contribution is 2.40. The molecule has 1 amide bonds. The lowest BCUT2D eigenvalue weighted by Crippen LogP contribution is -2.25. The van der Waals surface area contributed by atoms with E-state index in [1.165, 1.54) is 58.5 Å². The van der Waals surface area contributed by atoms with E-state index in [0.29, 0.717) is 45.3 Å². The van der Waals surface area contributed by atoms with Gasteiger partial charge in [0.25, 0.3) is 5.91 Å². The van der Waals surface area contributed by atoms with Crippen LogP contribution in [0.3, 0.4) is 0 Å². The Bertz CT molecular complexity index is 1280. The van der Waals surface area contributed by atoms with Crippen molar-refractivity contribution in [3.63, 3.8) is 0 Å². The van der Waals surface area contributed by atoms with E-state index in [1.54, 1.807) is 24.3 Å². The van der Waals surface area contributed by atoms with Gasteiger partial charge in [-0.1, -0.05) is 113 Å². The van der Waals surface area contributed by atoms with Crippen molar-refractivity contribution in [3.8, 4) is 33.8 Å². The zero-order valence-corrected chi connectivity index (χ0v) is 25.0. The number of hydrogen-bond acceptors (Lipinski definition) is 4. The summed E-state index contributed by atoms with van der Waals surface area (Å²) >= 11 is 6.23. The first kappa shape index (κ1) is 32.0. The average molecular weight is 580 g/mol. The van der Waals surface area contributed by atoms with E-state index in [4.69, 9.17) is 21.1 Å². The molecule has 0 heterocycles. The lowest BCUT2D eigenvalue weighted by atomic mass is 9.95. The molecule has 0 aliphatic carbocycles. The molecule has 0 radical (unpaired) electrons. The number of unbranched alkanes of at least 4 members (excludes halogenated alkanes) is 9. The number of para-hydroxylation sites is 1. The van der Waals surface area contributed by atoms with E-state index in [2.05, 4.69) is 12.2 Å². The molecular formula is C34H42ClNO5. The molecule has 41 heavy (non-hydrogen) atoms. The van der Waals surface area contributed by atoms with Crippen molar-refractivity contribution in [1.29, 1.82) is 0 Å². The number of carboxylic acid groups (broad SMARTS) is 1. The molecule has 0 aliphatic rings. The van der Waals surface area contributed by atoms with E-state index in [1.807, 2.05) is 36.4 Å². The van der Waals surface area contributed by atoms with Gasteiger partial charge in [0.05, 0.1) is 12.7 Å². The Hall–Kier alpha value is -3.51. The third kappa shape index (κ3) is 10.1. The summed E-state index contributed by atoms with van der Waals surface area (Å²) in [6.07, 6.45) is 12.4. The Morgan fingerprint density at radius 3 is 2.02 bits per heavy atom. The second kappa shape index (κ2) is 17.3. The van der Waals surface area contributed by atoms with Crippen LogP contribution in [0.25, 0.3) is 22.3 Å². The van der Waals surface area contributed by atoms with Crippen LogP contribution in [0.5, 0.6) is 11.5 Å². The number of amides is 1. The number of carbonyl (C=O) groups is 2. The summed E-state index contributed by atoms with van der Waals surface area (Å²) in [6, 6.07) is 18.2. The maximum atomic E-state index is 13.2. The largest absolute Gasteiger partial charge is 0.496 e. The van der Waals surface area contributed by atoms with Gasteiger partial charge in [0.2, 0.25) is 0 Å². The van der Waals surface area contributed by atoms with Crippen molar-refractivity contribution in [1.82, 2.24) is 5.32 Å². The van der Waals surface area contributed by atoms with Gasteiger partial charge in [0.1, 0.15) is 11.5 Å². The maximum Gasteiger partial charge on any atom is 0.341 e. The molecule has 2 N–H and O–H groups in total. The number of halogens is 1. The summed E-state index contributed by atoms with van der Waals surface area (Å²) in [6.45, 7) is 2.33. The Labute approximate surface area is 249 Å². The van der Waals surface area contributed by atoms with Crippen molar-refractivity contribution in [2.24, 2.45) is 0 Å². The molecule has 0 atom stereocenters. The molecule has 0 fully saturated rings. The molecule has 220 valence electrons. The van der Waals surface area contributed by atoms with Crippen molar-refractivity contribution in [2.45, 2.75) is 71.1 Å². The van der Waals surface area contributed by atoms with Crippen molar-refractivity contribution in [3.05, 3.63) is 71.2 Å². The molecule has 3 aromatic rings. The lowest BCUT2D eigenvalue weighted by Gasteiger charge is -2.17. The van der Waals surface area contributed by atoms with Crippen LogP contribution in [0, 0.1) is 0 Å². The van der Waals surface area contributed by atoms with Gasteiger partial charge in [-0.15, -0.1) is 0 Å². The molecular weight excluding hydrogens is 538 g/mol. The molecule has 0 unspecified atom stereocenters. The summed E-state index contributed by atoms with van der Waals surface area (Å²) in [5.41, 5.74) is 3.28. The third-order valence-electron chi connectivity index (χ3n) is 7.06. The summed E-state index contributed by atoms with van der Waals surface area (Å²) in [5, 5.41) is 12.9. The molecule has 7 heteroatoms. The lowest BCUT2D eigenvalue weighted by molar-refractivity contribution is -0.139. The molecule has 0 bridgehead atoms. The molecule has 3 rings (SSSR count). The summed E-state index contributed by atoms with van der Waals surface area (Å²) in [7, 11) is 1.54. The van der Waals surface area contributed by atoms with E-state index < -0.39 is 12.6 Å². The van der Waals surface area contributed by atoms with Crippen LogP contribution in [0.4, 0.5) is 0 Å². The van der Waals surface area contributed by atoms with Gasteiger partial charge >= 0.3 is 5.97 Å². The van der Waals surface area contributed by atoms with E-state index in [0.717, 1.165) is 18.4 Å². The van der Waals surface area contributed by atoms with Crippen LogP contribution in [-0.2, 0) is 4.79 Å². The fraction of sp³-hybridized carbons (Fsp3) is 0.412. The second-order valence-electron chi connectivity index (χ2n) is 10.2. The zero-order valence-electron chi connectivity index (χ0n) is 24.2. The minimum Gasteiger partial charge on any atom is -0.496 e. The Balaban J connectivity index is 1.71. The highest BCUT2D eigenvalue weighted by Gasteiger charge is 2.19. The predicted molar refractivity (Wildman–Crippen MR) is 166 cm³/mol. The van der Waals surface area contributed by atoms with Crippen molar-refractivity contribution < 1.29 is 24.2 Å². The first-order chi connectivity index (χ1) is 19.9. The summed E-state index contributed by atoms with van der Waals surface area (Å²) in [4.78, 5) is 24.6. The van der Waals surface area contributed by atoms with Gasteiger partial charge in [-0.05, 0) is 41.8 Å². The number of nitrogens with one attached hydrogen (secondary N) is 1. The van der Waals surface area contributed by atoms with Gasteiger partial charge in [0, 0.05) is 22.7 Å². The van der Waals surface area contributed by atoms with Gasteiger partial charge in [-0.25, -0.2) is 4.79 Å². The van der Waals surface area contributed by atoms with E-state index >= 15 is 0 Å². The van der Waals surface area contributed by atoms with Crippen LogP contribution >= 0.6 is 11.6 Å². The zero-order chi connectivity index (χ0) is 29.5. The van der Waals surface area contributed by atoms with Crippen LogP contribution in [0.2, 0.25) is 5.02 Å². The summed E-state index contributed by atoms with van der Waals surface area (Å²) < 4.78 is 11.3. The van der Waals surface area contributed by atoms with E-state index in [-0.39, 0.29) is 5.91 Å². The summed E-state index contributed by atoms with van der Waals surface area (Å²) in [5.74, 6) is -0.426. The molecule has 6 nitrogen and oxygen atoms in total. The van der Waals surface area contributed by atoms with Crippen molar-refractivity contribution in [2.75, 3.05) is 20.3 Å². The normalized spacial score (nSPS) is 10.8. The number of rotatable bonds is 18. The fourth-order valence-electron chi connectivity index (χ4n) is 4.90. The number of hydrogen-bond donors (Lipinski definition) is 2. The topological polar surface area (TPSA) is 84.9 Å². The van der Waals surface area contributed by atoms with Crippen LogP contribution < -0.4 is 14.8 Å². The molecule has 0 saturated carbocycles. The number of carboxylic acids is 1. The Morgan fingerprint density at radius 1 is 0.805 bits per heavy atom. The smallest absolute Gasteiger partial charge is 0.341 e. The molecule has 3 aromatic carbocycles. The molecule has 0 aliphatic heterocycles.